The molecule has 4 heterocycles. The first-order valence-electron chi connectivity index (χ1n) is 14.7. The Bertz CT molecular complexity index is 1440. The number of hydrogen-bond acceptors (Lipinski definition) is 6. The van der Waals surface area contributed by atoms with Gasteiger partial charge in [0.2, 0.25) is 5.82 Å². The molecule has 4 fully saturated rings. The van der Waals surface area contributed by atoms with Crippen molar-refractivity contribution in [2.75, 3.05) is 5.73 Å². The van der Waals surface area contributed by atoms with Gasteiger partial charge in [-0.15, -0.1) is 0 Å². The zero-order valence-electron chi connectivity index (χ0n) is 22.0. The van der Waals surface area contributed by atoms with Crippen molar-refractivity contribution in [1.29, 1.82) is 0 Å². The molecule has 0 radical (unpaired) electrons. The molecule has 0 spiro atoms. The fourth-order valence-corrected chi connectivity index (χ4v) is 8.54. The molecule has 200 valence electrons. The summed E-state index contributed by atoms with van der Waals surface area (Å²) in [5.74, 6) is 2.04. The highest BCUT2D eigenvalue weighted by molar-refractivity contribution is 5.75. The van der Waals surface area contributed by atoms with Crippen LogP contribution in [-0.2, 0) is 0 Å². The second-order valence-corrected chi connectivity index (χ2v) is 12.3. The Hall–Kier alpha value is -3.00. The van der Waals surface area contributed by atoms with Crippen LogP contribution in [0.3, 0.4) is 0 Å². The number of rotatable bonds is 3. The molecular weight excluding hydrogens is 476 g/mol. The van der Waals surface area contributed by atoms with Gasteiger partial charge in [0.25, 0.3) is 5.56 Å². The van der Waals surface area contributed by atoms with E-state index in [-0.39, 0.29) is 23.2 Å². The number of nitrogens with zero attached hydrogens (tertiary/aromatic N) is 5. The summed E-state index contributed by atoms with van der Waals surface area (Å²) in [7, 11) is 0. The van der Waals surface area contributed by atoms with Crippen LogP contribution in [0.4, 0.5) is 5.82 Å². The van der Waals surface area contributed by atoms with E-state index >= 15 is 0 Å². The van der Waals surface area contributed by atoms with Crippen LogP contribution in [0.15, 0.2) is 46.1 Å². The maximum atomic E-state index is 14.1. The Labute approximate surface area is 222 Å². The first kappa shape index (κ1) is 24.1. The molecule has 2 saturated heterocycles. The Kier molecular flexibility index (Phi) is 6.10. The standard InChI is InChI=1S/C30H38N6O2/c31-27-12-13-34(30(38)33-27)28-29(37)36(26-11-4-3-10-25(26)32-28)24-17-21-8-5-9-22(18-24)35(21)23-15-19-6-1-2-7-20(14-19)16-23/h3-4,10-13,19-24H,1-2,5-9,14-18H2,(H2,31,33,38). The third kappa shape index (κ3) is 4.17. The summed E-state index contributed by atoms with van der Waals surface area (Å²) in [4.78, 5) is 38.1. The first-order valence-corrected chi connectivity index (χ1v) is 14.7. The highest BCUT2D eigenvalue weighted by atomic mass is 16.2. The third-order valence-electron chi connectivity index (χ3n) is 9.98. The molecule has 2 aliphatic carbocycles. The molecule has 7 rings (SSSR count). The van der Waals surface area contributed by atoms with Crippen LogP contribution in [0.2, 0.25) is 0 Å². The van der Waals surface area contributed by atoms with Gasteiger partial charge >= 0.3 is 5.69 Å². The lowest BCUT2D eigenvalue weighted by Gasteiger charge is -2.54. The Morgan fingerprint density at radius 3 is 2.16 bits per heavy atom. The maximum absolute atomic E-state index is 14.1. The van der Waals surface area contributed by atoms with Crippen molar-refractivity contribution in [2.45, 2.75) is 101 Å². The lowest BCUT2D eigenvalue weighted by atomic mass is 9.73. The van der Waals surface area contributed by atoms with Gasteiger partial charge in [0.05, 0.1) is 11.0 Å². The second kappa shape index (κ2) is 9.63. The van der Waals surface area contributed by atoms with Crippen LogP contribution in [0.5, 0.6) is 0 Å². The summed E-state index contributed by atoms with van der Waals surface area (Å²) in [6, 6.07) is 11.2. The average molecular weight is 515 g/mol. The number of anilines is 1. The maximum Gasteiger partial charge on any atom is 0.355 e. The van der Waals surface area contributed by atoms with Crippen LogP contribution in [0, 0.1) is 11.8 Å². The summed E-state index contributed by atoms with van der Waals surface area (Å²) < 4.78 is 3.19. The van der Waals surface area contributed by atoms with E-state index in [2.05, 4.69) is 14.9 Å². The van der Waals surface area contributed by atoms with Gasteiger partial charge in [-0.05, 0) is 75.0 Å². The van der Waals surface area contributed by atoms with Gasteiger partial charge < -0.3 is 10.3 Å². The summed E-state index contributed by atoms with van der Waals surface area (Å²) in [6.07, 6.45) is 17.0. The number of nitrogen functional groups attached to an aromatic ring is 1. The number of hydrogen-bond donors (Lipinski definition) is 1. The van der Waals surface area contributed by atoms with Crippen LogP contribution in [-0.4, -0.2) is 42.1 Å². The third-order valence-corrected chi connectivity index (χ3v) is 9.98. The van der Waals surface area contributed by atoms with Crippen LogP contribution >= 0.6 is 0 Å². The van der Waals surface area contributed by atoms with Crippen molar-refractivity contribution in [1.82, 2.24) is 24.0 Å². The summed E-state index contributed by atoms with van der Waals surface area (Å²) in [5, 5.41) is 0. The molecule has 2 N–H and O–H groups in total. The molecule has 3 aromatic rings. The van der Waals surface area contributed by atoms with Gasteiger partial charge in [-0.25, -0.2) is 14.3 Å². The van der Waals surface area contributed by atoms with Crippen molar-refractivity contribution in [2.24, 2.45) is 11.8 Å². The van der Waals surface area contributed by atoms with E-state index in [0.717, 1.165) is 35.7 Å². The van der Waals surface area contributed by atoms with E-state index in [4.69, 9.17) is 5.73 Å². The number of nitrogens with two attached hydrogens (primary N) is 1. The summed E-state index contributed by atoms with van der Waals surface area (Å²) in [6.45, 7) is 0. The zero-order chi connectivity index (χ0) is 25.8. The highest BCUT2D eigenvalue weighted by Crippen LogP contribution is 2.47. The SMILES string of the molecule is Nc1ccn(-c2nc3ccccc3n(C3CC4CCCC(C3)N4C3CC4CCCCC(C4)C3)c2=O)c(=O)n1. The van der Waals surface area contributed by atoms with Crippen molar-refractivity contribution < 1.29 is 0 Å². The van der Waals surface area contributed by atoms with Gasteiger partial charge in [0.1, 0.15) is 5.82 Å². The van der Waals surface area contributed by atoms with Crippen molar-refractivity contribution >= 4 is 16.9 Å². The highest BCUT2D eigenvalue weighted by Gasteiger charge is 2.45. The molecule has 4 aliphatic rings. The monoisotopic (exact) mass is 514 g/mol. The van der Waals surface area contributed by atoms with Crippen LogP contribution in [0.25, 0.3) is 16.9 Å². The van der Waals surface area contributed by atoms with Gasteiger partial charge in [0.15, 0.2) is 0 Å². The minimum atomic E-state index is -0.582. The minimum absolute atomic E-state index is 0.0870. The zero-order valence-corrected chi connectivity index (χ0v) is 22.0. The number of para-hydroxylation sites is 2. The Morgan fingerprint density at radius 1 is 0.737 bits per heavy atom. The van der Waals surface area contributed by atoms with Gasteiger partial charge in [0, 0.05) is 30.4 Å². The lowest BCUT2D eigenvalue weighted by molar-refractivity contribution is -0.0420. The van der Waals surface area contributed by atoms with E-state index < -0.39 is 5.69 Å². The second-order valence-electron chi connectivity index (χ2n) is 12.3. The molecule has 2 aromatic heterocycles. The molecule has 8 nitrogen and oxygen atoms in total. The molecule has 4 atom stereocenters. The fraction of sp³-hybridized carbons (Fsp3) is 0.600. The average Bonchev–Trinajstić information content (AvgIpc) is 3.07. The van der Waals surface area contributed by atoms with E-state index in [9.17, 15) is 9.59 Å². The predicted octanol–water partition coefficient (Wildman–Crippen LogP) is 4.44. The molecule has 8 heteroatoms. The van der Waals surface area contributed by atoms with Crippen molar-refractivity contribution in [3.8, 4) is 5.82 Å². The normalized spacial score (nSPS) is 31.7. The van der Waals surface area contributed by atoms with E-state index in [1.165, 1.54) is 81.0 Å². The predicted molar refractivity (Wildman–Crippen MR) is 148 cm³/mol. The van der Waals surface area contributed by atoms with Crippen LogP contribution in [0.1, 0.15) is 83.1 Å². The molecule has 0 amide bonds. The quantitative estimate of drug-likeness (QED) is 0.555. The largest absolute Gasteiger partial charge is 0.383 e. The Balaban J connectivity index is 1.26. The fourth-order valence-electron chi connectivity index (χ4n) is 8.54. The first-order chi connectivity index (χ1) is 18.5. The van der Waals surface area contributed by atoms with Gasteiger partial charge in [-0.1, -0.05) is 44.2 Å². The summed E-state index contributed by atoms with van der Waals surface area (Å²) >= 11 is 0. The van der Waals surface area contributed by atoms with Gasteiger partial charge in [-0.3, -0.25) is 9.69 Å². The molecule has 4 unspecified atom stereocenters. The smallest absolute Gasteiger partial charge is 0.355 e. The number of benzene rings is 1. The van der Waals surface area contributed by atoms with Crippen LogP contribution < -0.4 is 17.0 Å². The number of aromatic nitrogens is 4. The number of fused-ring (bicyclic) bond motifs is 5. The Morgan fingerprint density at radius 2 is 1.45 bits per heavy atom. The molecule has 38 heavy (non-hydrogen) atoms. The summed E-state index contributed by atoms with van der Waals surface area (Å²) in [5.41, 5.74) is 6.47. The minimum Gasteiger partial charge on any atom is -0.383 e. The van der Waals surface area contributed by atoms with E-state index in [1.54, 1.807) is 0 Å². The van der Waals surface area contributed by atoms with Crippen molar-refractivity contribution in [3.63, 3.8) is 0 Å². The van der Waals surface area contributed by atoms with E-state index in [0.29, 0.717) is 18.1 Å². The lowest BCUT2D eigenvalue weighted by Crippen LogP contribution is -2.58. The molecular formula is C30H38N6O2. The van der Waals surface area contributed by atoms with Gasteiger partial charge in [-0.2, -0.15) is 4.98 Å². The van der Waals surface area contributed by atoms with E-state index in [1.807, 2.05) is 28.8 Å². The molecule has 4 bridgehead atoms. The molecule has 2 aliphatic heterocycles. The van der Waals surface area contributed by atoms with Crippen molar-refractivity contribution in [3.05, 3.63) is 57.4 Å². The topological polar surface area (TPSA) is 99.0 Å². The number of piperidine rings is 2. The molecule has 1 aromatic carbocycles. The molecule has 2 saturated carbocycles.